The number of carbonyl (C=O) groups is 2. The first kappa shape index (κ1) is 23.7. The summed E-state index contributed by atoms with van der Waals surface area (Å²) in [6.45, 7) is 6.15. The predicted octanol–water partition coefficient (Wildman–Crippen LogP) is 5.78. The lowest BCUT2D eigenvalue weighted by molar-refractivity contribution is -0.143. The Morgan fingerprint density at radius 3 is 2.32 bits per heavy atom. The maximum Gasteiger partial charge on any atom is 0.333 e. The highest BCUT2D eigenvalue weighted by molar-refractivity contribution is 5.95. The second kappa shape index (κ2) is 10.5. The fourth-order valence-electron chi connectivity index (χ4n) is 2.94. The molecule has 1 N–H and O–H groups in total. The fraction of sp³-hybridized carbons (Fsp3) is 0.280. The van der Waals surface area contributed by atoms with Crippen LogP contribution in [-0.4, -0.2) is 19.0 Å². The van der Waals surface area contributed by atoms with E-state index in [1.54, 1.807) is 30.3 Å². The molecule has 0 fully saturated rings. The number of hydrogen-bond donors (Lipinski definition) is 1. The third kappa shape index (κ3) is 5.75. The van der Waals surface area contributed by atoms with E-state index in [0.29, 0.717) is 17.2 Å². The molecule has 31 heavy (non-hydrogen) atoms. The van der Waals surface area contributed by atoms with Crippen LogP contribution in [0.2, 0.25) is 0 Å². The minimum absolute atomic E-state index is 0. The van der Waals surface area contributed by atoms with Crippen LogP contribution < -0.4 is 10.1 Å². The van der Waals surface area contributed by atoms with E-state index in [9.17, 15) is 9.59 Å². The van der Waals surface area contributed by atoms with Crippen molar-refractivity contribution in [2.45, 2.75) is 40.2 Å². The Hall–Kier alpha value is -3.54. The third-order valence-electron chi connectivity index (χ3n) is 4.74. The summed E-state index contributed by atoms with van der Waals surface area (Å²) in [6, 6.07) is 17.0. The van der Waals surface area contributed by atoms with Gasteiger partial charge in [0.05, 0.1) is 7.11 Å². The number of hydrogen-bond acceptors (Lipinski definition) is 5. The van der Waals surface area contributed by atoms with Gasteiger partial charge in [0.25, 0.3) is 11.9 Å². The van der Waals surface area contributed by atoms with Crippen LogP contribution in [0.5, 0.6) is 11.7 Å². The average molecular weight is 424 g/mol. The number of carbonyl (C=O) groups excluding carboxylic acids is 2. The molecule has 1 atom stereocenters. The third-order valence-corrected chi connectivity index (χ3v) is 4.74. The molecule has 164 valence electrons. The zero-order valence-electron chi connectivity index (χ0n) is 17.5. The number of nitrogens with one attached hydrogen (secondary N) is 1. The number of ether oxygens (including phenoxy) is 2. The second-order valence-corrected chi connectivity index (χ2v) is 7.24. The highest BCUT2D eigenvalue weighted by Gasteiger charge is 2.25. The van der Waals surface area contributed by atoms with E-state index in [0.717, 1.165) is 11.1 Å². The number of aryl methyl sites for hydroxylation is 1. The average Bonchev–Trinajstić information content (AvgIpc) is 3.22. The maximum absolute atomic E-state index is 12.7. The molecule has 3 rings (SSSR count). The maximum atomic E-state index is 12.7. The predicted molar refractivity (Wildman–Crippen MR) is 119 cm³/mol. The largest absolute Gasteiger partial charge is 0.467 e. The van der Waals surface area contributed by atoms with E-state index in [2.05, 4.69) is 25.2 Å². The van der Waals surface area contributed by atoms with Crippen molar-refractivity contribution in [3.05, 3.63) is 83.1 Å². The molecule has 0 saturated heterocycles. The van der Waals surface area contributed by atoms with Crippen molar-refractivity contribution in [3.8, 4) is 11.7 Å². The molecule has 0 aliphatic carbocycles. The van der Waals surface area contributed by atoms with E-state index < -0.39 is 17.9 Å². The molecule has 6 nitrogen and oxygen atoms in total. The van der Waals surface area contributed by atoms with Gasteiger partial charge in [-0.1, -0.05) is 63.7 Å². The monoisotopic (exact) mass is 423 g/mol. The van der Waals surface area contributed by atoms with Gasteiger partial charge in [-0.25, -0.2) is 4.79 Å². The first-order valence-electron chi connectivity index (χ1n) is 9.71. The summed E-state index contributed by atoms with van der Waals surface area (Å²) in [6.07, 6.45) is 0. The van der Waals surface area contributed by atoms with Gasteiger partial charge in [-0.3, -0.25) is 4.79 Å². The number of methoxy groups -OCH3 is 1. The van der Waals surface area contributed by atoms with Gasteiger partial charge in [-0.15, -0.1) is 0 Å². The highest BCUT2D eigenvalue weighted by atomic mass is 16.6. The standard InChI is InChI=1S/C24H25NO5.CH4/c1-15(2)18-11-10-16(3)20(14-18)30-21-13-12-19(29-21)23(26)25-22(24(27)28-4)17-8-6-5-7-9-17;/h5-15,22H,1-4H3,(H,25,26);1H4. The molecule has 2 aromatic carbocycles. The molecule has 1 heterocycles. The minimum atomic E-state index is -0.942. The minimum Gasteiger partial charge on any atom is -0.467 e. The number of esters is 1. The SMILES string of the molecule is C.COC(=O)C(NC(=O)c1ccc(Oc2cc(C(C)C)ccc2C)o1)c1ccccc1. The van der Waals surface area contributed by atoms with Crippen LogP contribution in [0.25, 0.3) is 0 Å². The summed E-state index contributed by atoms with van der Waals surface area (Å²) in [5.74, 6) is 0.139. The van der Waals surface area contributed by atoms with E-state index in [1.807, 2.05) is 25.1 Å². The zero-order valence-corrected chi connectivity index (χ0v) is 17.5. The van der Waals surface area contributed by atoms with Gasteiger partial charge >= 0.3 is 5.97 Å². The van der Waals surface area contributed by atoms with E-state index in [4.69, 9.17) is 13.9 Å². The van der Waals surface area contributed by atoms with Crippen molar-refractivity contribution >= 4 is 11.9 Å². The Kier molecular flexibility index (Phi) is 8.02. The lowest BCUT2D eigenvalue weighted by Crippen LogP contribution is -2.34. The quantitative estimate of drug-likeness (QED) is 0.487. The molecule has 0 aliphatic rings. The lowest BCUT2D eigenvalue weighted by Gasteiger charge is -2.16. The second-order valence-electron chi connectivity index (χ2n) is 7.24. The Bertz CT molecular complexity index is 1020. The van der Waals surface area contributed by atoms with Crippen molar-refractivity contribution in [2.75, 3.05) is 7.11 Å². The van der Waals surface area contributed by atoms with Crippen LogP contribution >= 0.6 is 0 Å². The van der Waals surface area contributed by atoms with Crippen molar-refractivity contribution in [1.29, 1.82) is 0 Å². The van der Waals surface area contributed by atoms with Gasteiger partial charge in [0, 0.05) is 6.07 Å². The topological polar surface area (TPSA) is 77.8 Å². The van der Waals surface area contributed by atoms with Crippen molar-refractivity contribution in [1.82, 2.24) is 5.32 Å². The van der Waals surface area contributed by atoms with Crippen LogP contribution in [0, 0.1) is 6.92 Å². The van der Waals surface area contributed by atoms with Gasteiger partial charge in [-0.2, -0.15) is 0 Å². The summed E-state index contributed by atoms with van der Waals surface area (Å²) >= 11 is 0. The summed E-state index contributed by atoms with van der Waals surface area (Å²) in [4.78, 5) is 24.8. The normalized spacial score (nSPS) is 11.4. The molecule has 1 aromatic heterocycles. The first-order valence-corrected chi connectivity index (χ1v) is 9.71. The van der Waals surface area contributed by atoms with Gasteiger partial charge in [0.2, 0.25) is 0 Å². The summed E-state index contributed by atoms with van der Waals surface area (Å²) in [5, 5.41) is 2.65. The van der Waals surface area contributed by atoms with Crippen molar-refractivity contribution in [2.24, 2.45) is 0 Å². The summed E-state index contributed by atoms with van der Waals surface area (Å²) < 4.78 is 16.2. The number of amides is 1. The van der Waals surface area contributed by atoms with Crippen molar-refractivity contribution in [3.63, 3.8) is 0 Å². The number of benzene rings is 2. The molecule has 0 saturated carbocycles. The molecule has 0 aliphatic heterocycles. The van der Waals surface area contributed by atoms with Crippen LogP contribution in [0.3, 0.4) is 0 Å². The Morgan fingerprint density at radius 2 is 1.68 bits per heavy atom. The summed E-state index contributed by atoms with van der Waals surface area (Å²) in [7, 11) is 1.27. The summed E-state index contributed by atoms with van der Waals surface area (Å²) in [5.41, 5.74) is 2.71. The van der Waals surface area contributed by atoms with Gasteiger partial charge in [0.1, 0.15) is 5.75 Å². The van der Waals surface area contributed by atoms with Gasteiger partial charge in [-0.05, 0) is 41.7 Å². The van der Waals surface area contributed by atoms with Gasteiger partial charge in [0.15, 0.2) is 11.8 Å². The smallest absolute Gasteiger partial charge is 0.333 e. The Morgan fingerprint density at radius 1 is 0.968 bits per heavy atom. The molecule has 3 aromatic rings. The van der Waals surface area contributed by atoms with Crippen LogP contribution in [-0.2, 0) is 9.53 Å². The van der Waals surface area contributed by atoms with Gasteiger partial charge < -0.3 is 19.2 Å². The molecular weight excluding hydrogens is 394 g/mol. The highest BCUT2D eigenvalue weighted by Crippen LogP contribution is 2.30. The molecule has 0 bridgehead atoms. The van der Waals surface area contributed by atoms with E-state index >= 15 is 0 Å². The van der Waals surface area contributed by atoms with E-state index in [1.165, 1.54) is 13.2 Å². The lowest BCUT2D eigenvalue weighted by atomic mass is 10.0. The van der Waals surface area contributed by atoms with E-state index in [-0.39, 0.29) is 19.1 Å². The van der Waals surface area contributed by atoms with Crippen LogP contribution in [0.15, 0.2) is 65.1 Å². The molecule has 6 heteroatoms. The molecule has 0 radical (unpaired) electrons. The molecule has 1 amide bonds. The molecule has 1 unspecified atom stereocenters. The first-order chi connectivity index (χ1) is 14.4. The van der Waals surface area contributed by atoms with Crippen LogP contribution in [0.4, 0.5) is 0 Å². The Balaban J connectivity index is 0.00000341. The molecule has 0 spiro atoms. The number of furan rings is 1. The Labute approximate surface area is 183 Å². The molecular formula is C25H29NO5. The van der Waals surface area contributed by atoms with Crippen molar-refractivity contribution < 1.29 is 23.5 Å². The zero-order chi connectivity index (χ0) is 21.7. The number of rotatable bonds is 7. The van der Waals surface area contributed by atoms with Crippen LogP contribution in [0.1, 0.15) is 60.5 Å². The fourth-order valence-corrected chi connectivity index (χ4v) is 2.94.